The van der Waals surface area contributed by atoms with Crippen LogP contribution in [-0.2, 0) is 19.1 Å². The highest BCUT2D eigenvalue weighted by Crippen LogP contribution is 2.32. The van der Waals surface area contributed by atoms with E-state index in [0.717, 1.165) is 63.4 Å². The van der Waals surface area contributed by atoms with Crippen LogP contribution in [0.1, 0.15) is 81.5 Å². The van der Waals surface area contributed by atoms with Crippen molar-refractivity contribution in [2.75, 3.05) is 54.4 Å². The molecule has 69 heavy (non-hydrogen) atoms. The Morgan fingerprint density at radius 1 is 0.942 bits per heavy atom. The van der Waals surface area contributed by atoms with Crippen LogP contribution in [0.2, 0.25) is 0 Å². The Labute approximate surface area is 410 Å². The molecule has 0 spiro atoms. The van der Waals surface area contributed by atoms with E-state index in [1.807, 2.05) is 93.6 Å². The van der Waals surface area contributed by atoms with Gasteiger partial charge >= 0.3 is 0 Å². The molecule has 4 atom stereocenters. The molecule has 4 amide bonds. The van der Waals surface area contributed by atoms with Gasteiger partial charge in [-0.05, 0) is 68.4 Å². The topological polar surface area (TPSA) is 234 Å². The van der Waals surface area contributed by atoms with Gasteiger partial charge in [0.1, 0.15) is 29.5 Å². The summed E-state index contributed by atoms with van der Waals surface area (Å²) in [5.74, 6) is -0.487. The number of likely N-dealkylation sites (tertiary alicyclic amines) is 1. The van der Waals surface area contributed by atoms with E-state index in [-0.39, 0.29) is 54.6 Å². The van der Waals surface area contributed by atoms with Gasteiger partial charge in [-0.25, -0.2) is 24.9 Å². The number of amides is 4. The lowest BCUT2D eigenvalue weighted by molar-refractivity contribution is -0.142. The summed E-state index contributed by atoms with van der Waals surface area (Å²) >= 11 is 3.02. The van der Waals surface area contributed by atoms with Crippen molar-refractivity contribution in [1.82, 2.24) is 40.5 Å². The Balaban J connectivity index is 0.784. The molecular weight excluding hydrogens is 917 g/mol. The fourth-order valence-electron chi connectivity index (χ4n) is 8.46. The Bertz CT molecular complexity index is 2610. The van der Waals surface area contributed by atoms with Crippen LogP contribution < -0.4 is 31.5 Å². The van der Waals surface area contributed by atoms with Gasteiger partial charge in [0.05, 0.1) is 52.3 Å². The molecule has 5 aromatic rings. The molecule has 364 valence electrons. The number of aryl methyl sites for hydroxylation is 1. The maximum Gasteiger partial charge on any atom is 0.255 e. The van der Waals surface area contributed by atoms with E-state index >= 15 is 0 Å². The molecule has 0 unspecified atom stereocenters. The smallest absolute Gasteiger partial charge is 0.255 e. The molecule has 0 bridgehead atoms. The van der Waals surface area contributed by atoms with Crippen molar-refractivity contribution in [1.29, 1.82) is 0 Å². The summed E-state index contributed by atoms with van der Waals surface area (Å²) in [7, 11) is 0. The van der Waals surface area contributed by atoms with Crippen molar-refractivity contribution in [2.45, 2.75) is 107 Å². The molecule has 6 N–H and O–H groups in total. The molecule has 6 heterocycles. The SMILES string of the molecule is Cc1ncsc1-c1ccc([C@H](C)NC(=O)[C@@H]2C[C@@H](O)CN2C(=O)[C@@H](NC(=O)c2cnc(N3CC(OCC(=O)Nc4cccc(Sc5cnc(N6CCC(C)(N)CC6)cn5)c4)C3)nc2)C(C)(C)C)cc1. The summed E-state index contributed by atoms with van der Waals surface area (Å²) in [6, 6.07) is 13.1. The lowest BCUT2D eigenvalue weighted by Crippen LogP contribution is -2.57. The van der Waals surface area contributed by atoms with E-state index in [9.17, 15) is 24.3 Å². The number of aliphatic hydroxyl groups is 1. The van der Waals surface area contributed by atoms with Crippen LogP contribution in [0.25, 0.3) is 10.4 Å². The van der Waals surface area contributed by atoms with E-state index < -0.39 is 35.4 Å². The molecule has 3 aromatic heterocycles. The van der Waals surface area contributed by atoms with Gasteiger partial charge in [-0.3, -0.25) is 19.2 Å². The molecule has 3 aliphatic heterocycles. The largest absolute Gasteiger partial charge is 0.391 e. The highest BCUT2D eigenvalue weighted by atomic mass is 32.2. The van der Waals surface area contributed by atoms with Crippen molar-refractivity contribution in [3.05, 3.63) is 95.6 Å². The third kappa shape index (κ3) is 12.2. The first kappa shape index (κ1) is 49.4. The van der Waals surface area contributed by atoms with Crippen LogP contribution in [0.15, 0.2) is 88.8 Å². The van der Waals surface area contributed by atoms with E-state index in [4.69, 9.17) is 10.5 Å². The first-order valence-corrected chi connectivity index (χ1v) is 24.8. The van der Waals surface area contributed by atoms with Gasteiger partial charge < -0.3 is 46.2 Å². The average Bonchev–Trinajstić information content (AvgIpc) is 3.92. The fourth-order valence-corrected chi connectivity index (χ4v) is 10.1. The van der Waals surface area contributed by atoms with E-state index in [2.05, 4.69) is 52.7 Å². The number of nitrogens with one attached hydrogen (secondary N) is 3. The Kier molecular flexibility index (Phi) is 14.9. The Hall–Kier alpha value is -6.06. The van der Waals surface area contributed by atoms with Gasteiger partial charge in [-0.1, -0.05) is 62.9 Å². The molecule has 3 saturated heterocycles. The van der Waals surface area contributed by atoms with Crippen LogP contribution in [0.4, 0.5) is 17.5 Å². The monoisotopic (exact) mass is 976 g/mol. The molecule has 3 fully saturated rings. The molecule has 0 radical (unpaired) electrons. The number of piperidine rings is 1. The molecule has 3 aliphatic rings. The number of β-amino-alcohol motifs (C(OH)–C–C–N with tert-alkyl or cyclic N) is 1. The maximum atomic E-state index is 14.2. The minimum absolute atomic E-state index is 0.0466. The third-order valence-corrected chi connectivity index (χ3v) is 14.6. The quantitative estimate of drug-likeness (QED) is 0.0930. The first-order valence-electron chi connectivity index (χ1n) is 23.1. The zero-order valence-electron chi connectivity index (χ0n) is 39.7. The predicted molar refractivity (Wildman–Crippen MR) is 265 cm³/mol. The van der Waals surface area contributed by atoms with E-state index in [0.29, 0.717) is 24.7 Å². The second-order valence-electron chi connectivity index (χ2n) is 19.4. The summed E-state index contributed by atoms with van der Waals surface area (Å²) in [4.78, 5) is 84.2. The number of hydrogen-bond acceptors (Lipinski definition) is 16. The second-order valence-corrected chi connectivity index (χ2v) is 21.4. The van der Waals surface area contributed by atoms with Gasteiger partial charge in [0.25, 0.3) is 5.91 Å². The number of ether oxygens (including phenoxy) is 1. The molecule has 0 aliphatic carbocycles. The summed E-state index contributed by atoms with van der Waals surface area (Å²) in [5.41, 5.74) is 10.9. The Morgan fingerprint density at radius 2 is 1.67 bits per heavy atom. The van der Waals surface area contributed by atoms with Gasteiger partial charge in [0, 0.05) is 67.7 Å². The van der Waals surface area contributed by atoms with Crippen molar-refractivity contribution < 1.29 is 29.0 Å². The maximum absolute atomic E-state index is 14.2. The molecule has 18 nitrogen and oxygen atoms in total. The van der Waals surface area contributed by atoms with Crippen LogP contribution >= 0.6 is 23.1 Å². The molecule has 2 aromatic carbocycles. The number of benzene rings is 2. The third-order valence-electron chi connectivity index (χ3n) is 12.7. The lowest BCUT2D eigenvalue weighted by atomic mass is 9.85. The minimum Gasteiger partial charge on any atom is -0.391 e. The summed E-state index contributed by atoms with van der Waals surface area (Å²) < 4.78 is 5.86. The number of aromatic nitrogens is 5. The fraction of sp³-hybridized carbons (Fsp3) is 0.449. The predicted octanol–water partition coefficient (Wildman–Crippen LogP) is 4.99. The normalized spacial score (nSPS) is 19.1. The van der Waals surface area contributed by atoms with Crippen molar-refractivity contribution in [3.63, 3.8) is 0 Å². The minimum atomic E-state index is -1.04. The van der Waals surface area contributed by atoms with Crippen LogP contribution in [-0.4, -0.2) is 128 Å². The van der Waals surface area contributed by atoms with Crippen molar-refractivity contribution in [2.24, 2.45) is 11.1 Å². The standard InChI is InChI=1S/C49H60N12O6S2/c1-29(31-10-12-32(13-11-31)42-30(2)55-28-68-42)56-45(65)38-19-35(62)24-61(38)46(66)43(48(3,4)5)58-44(64)33-20-53-47(54-21-33)60-25-36(26-60)67-27-40(63)57-34-8-7-9-37(18-34)69-41-23-51-39(22-52-41)59-16-14-49(6,50)15-17-59/h7-13,18,20-23,28-29,35-36,38,43,62H,14-17,19,24-27,50H2,1-6H3,(H,56,65)(H,57,63)(H,58,64)/t29-,35+,38-,43+/m0/s1. The van der Waals surface area contributed by atoms with Gasteiger partial charge in [0.15, 0.2) is 0 Å². The van der Waals surface area contributed by atoms with Gasteiger partial charge in [0.2, 0.25) is 23.7 Å². The zero-order valence-corrected chi connectivity index (χ0v) is 41.3. The van der Waals surface area contributed by atoms with E-state index in [1.165, 1.54) is 29.1 Å². The number of aliphatic hydroxyl groups excluding tert-OH is 1. The van der Waals surface area contributed by atoms with Crippen LogP contribution in [0.5, 0.6) is 0 Å². The second kappa shape index (κ2) is 20.9. The number of carbonyl (C=O) groups excluding carboxylic acids is 4. The van der Waals surface area contributed by atoms with Crippen molar-refractivity contribution >= 4 is 64.2 Å². The zero-order chi connectivity index (χ0) is 49.0. The number of rotatable bonds is 15. The molecule has 20 heteroatoms. The number of nitrogens with zero attached hydrogens (tertiary/aromatic N) is 8. The summed E-state index contributed by atoms with van der Waals surface area (Å²) in [6.45, 7) is 13.8. The van der Waals surface area contributed by atoms with Crippen LogP contribution in [0.3, 0.4) is 0 Å². The number of anilines is 3. The van der Waals surface area contributed by atoms with Gasteiger partial charge in [-0.15, -0.1) is 11.3 Å². The Morgan fingerprint density at radius 3 is 2.32 bits per heavy atom. The molecular formula is C49H60N12O6S2. The summed E-state index contributed by atoms with van der Waals surface area (Å²) in [6.07, 6.45) is 7.09. The summed E-state index contributed by atoms with van der Waals surface area (Å²) in [5, 5.41) is 20.2. The lowest BCUT2D eigenvalue weighted by Gasteiger charge is -2.38. The van der Waals surface area contributed by atoms with Crippen molar-refractivity contribution in [3.8, 4) is 10.4 Å². The van der Waals surface area contributed by atoms with Gasteiger partial charge in [-0.2, -0.15) is 0 Å². The number of hydrogen-bond donors (Lipinski definition) is 5. The highest BCUT2D eigenvalue weighted by Gasteiger charge is 2.45. The van der Waals surface area contributed by atoms with Crippen LogP contribution in [0, 0.1) is 12.3 Å². The number of carbonyl (C=O) groups is 4. The first-order chi connectivity index (χ1) is 32.9. The highest BCUT2D eigenvalue weighted by molar-refractivity contribution is 7.99. The number of nitrogens with two attached hydrogens (primary N) is 1. The number of thiazole rings is 1. The molecule has 0 saturated carbocycles. The molecule has 8 rings (SSSR count). The van der Waals surface area contributed by atoms with E-state index in [1.54, 1.807) is 23.7 Å². The average molecular weight is 977 g/mol.